The molecule has 0 aromatic heterocycles. The monoisotopic (exact) mass is 202 g/mol. The molecule has 1 aliphatic heterocycles. The molecule has 1 N–H and O–H groups in total. The Morgan fingerprint density at radius 2 is 2.47 bits per heavy atom. The van der Waals surface area contributed by atoms with Crippen molar-refractivity contribution in [2.24, 2.45) is 0 Å². The molecule has 1 heterocycles. The highest BCUT2D eigenvalue weighted by Gasteiger charge is 2.14. The van der Waals surface area contributed by atoms with Crippen molar-refractivity contribution >= 4 is 0 Å². The minimum Gasteiger partial charge on any atom is -0.372 e. The third-order valence-electron chi connectivity index (χ3n) is 2.56. The highest BCUT2D eigenvalue weighted by molar-refractivity contribution is 5.32. The van der Waals surface area contributed by atoms with Crippen molar-refractivity contribution < 1.29 is 4.74 Å². The van der Waals surface area contributed by atoms with Crippen molar-refractivity contribution in [3.05, 3.63) is 35.4 Å². The van der Waals surface area contributed by atoms with E-state index in [-0.39, 0.29) is 0 Å². The van der Waals surface area contributed by atoms with E-state index in [0.29, 0.717) is 18.3 Å². The number of rotatable bonds is 3. The van der Waals surface area contributed by atoms with Crippen LogP contribution in [0.25, 0.3) is 0 Å². The summed E-state index contributed by atoms with van der Waals surface area (Å²) in [6.45, 7) is 2.59. The van der Waals surface area contributed by atoms with Crippen LogP contribution in [-0.2, 0) is 11.3 Å². The van der Waals surface area contributed by atoms with E-state index < -0.39 is 0 Å². The van der Waals surface area contributed by atoms with Gasteiger partial charge in [-0.2, -0.15) is 5.26 Å². The third kappa shape index (κ3) is 2.79. The average Bonchev–Trinajstić information content (AvgIpc) is 2.79. The van der Waals surface area contributed by atoms with Crippen LogP contribution in [0.15, 0.2) is 24.3 Å². The van der Waals surface area contributed by atoms with E-state index in [2.05, 4.69) is 11.4 Å². The molecule has 78 valence electrons. The maximum absolute atomic E-state index is 8.74. The lowest BCUT2D eigenvalue weighted by atomic mass is 10.1. The first kappa shape index (κ1) is 10.2. The molecule has 1 aromatic rings. The second-order valence-electron chi connectivity index (χ2n) is 3.74. The van der Waals surface area contributed by atoms with Crippen molar-refractivity contribution in [3.8, 4) is 6.07 Å². The summed E-state index contributed by atoms with van der Waals surface area (Å²) in [5.41, 5.74) is 1.77. The van der Waals surface area contributed by atoms with E-state index >= 15 is 0 Å². The van der Waals surface area contributed by atoms with Crippen molar-refractivity contribution in [1.82, 2.24) is 5.32 Å². The van der Waals surface area contributed by atoms with Crippen LogP contribution in [0.2, 0.25) is 0 Å². The van der Waals surface area contributed by atoms with Gasteiger partial charge in [-0.1, -0.05) is 12.1 Å². The molecule has 3 heteroatoms. The van der Waals surface area contributed by atoms with Gasteiger partial charge in [0.15, 0.2) is 0 Å². The summed E-state index contributed by atoms with van der Waals surface area (Å²) in [6, 6.07) is 9.69. The molecular formula is C12H14N2O. The predicted molar refractivity (Wildman–Crippen MR) is 57.2 cm³/mol. The number of ether oxygens (including phenoxy) is 1. The van der Waals surface area contributed by atoms with E-state index in [9.17, 15) is 0 Å². The Bertz CT molecular complexity index is 364. The van der Waals surface area contributed by atoms with Gasteiger partial charge in [0.2, 0.25) is 0 Å². The normalized spacial score (nSPS) is 20.1. The molecule has 3 nitrogen and oxygen atoms in total. The molecule has 1 fully saturated rings. The van der Waals surface area contributed by atoms with Crippen LogP contribution in [0.1, 0.15) is 17.5 Å². The van der Waals surface area contributed by atoms with E-state index in [1.165, 1.54) is 0 Å². The number of nitrogens with zero attached hydrogens (tertiary/aromatic N) is 1. The first-order valence-corrected chi connectivity index (χ1v) is 5.20. The standard InChI is InChI=1S/C12H14N2O/c13-7-10-2-1-3-11(6-10)9-15-12-4-5-14-8-12/h1-3,6,12,14H,4-5,8-9H2. The summed E-state index contributed by atoms with van der Waals surface area (Å²) >= 11 is 0. The van der Waals surface area contributed by atoms with E-state index in [1.807, 2.05) is 18.2 Å². The molecule has 0 radical (unpaired) electrons. The maximum Gasteiger partial charge on any atom is 0.0991 e. The van der Waals surface area contributed by atoms with Crippen LogP contribution in [0.3, 0.4) is 0 Å². The number of hydrogen-bond acceptors (Lipinski definition) is 3. The zero-order chi connectivity index (χ0) is 10.5. The summed E-state index contributed by atoms with van der Waals surface area (Å²) in [5, 5.41) is 12.0. The molecule has 0 spiro atoms. The zero-order valence-corrected chi connectivity index (χ0v) is 8.57. The van der Waals surface area contributed by atoms with Crippen molar-refractivity contribution in [1.29, 1.82) is 5.26 Å². The van der Waals surface area contributed by atoms with Gasteiger partial charge in [0.05, 0.1) is 24.3 Å². The minimum atomic E-state index is 0.329. The van der Waals surface area contributed by atoms with Crippen LogP contribution >= 0.6 is 0 Å². The molecule has 0 amide bonds. The molecule has 15 heavy (non-hydrogen) atoms. The SMILES string of the molecule is N#Cc1cccc(COC2CCNC2)c1. The summed E-state index contributed by atoms with van der Waals surface area (Å²) < 4.78 is 5.72. The van der Waals surface area contributed by atoms with Gasteiger partial charge in [0.1, 0.15) is 0 Å². The summed E-state index contributed by atoms with van der Waals surface area (Å²) in [4.78, 5) is 0. The Kier molecular flexibility index (Phi) is 3.33. The fourth-order valence-corrected chi connectivity index (χ4v) is 1.72. The van der Waals surface area contributed by atoms with Gasteiger partial charge in [-0.3, -0.25) is 0 Å². The summed E-state index contributed by atoms with van der Waals surface area (Å²) in [6.07, 6.45) is 1.41. The number of nitrogens with one attached hydrogen (secondary N) is 1. The maximum atomic E-state index is 8.74. The van der Waals surface area contributed by atoms with Gasteiger partial charge in [-0.05, 0) is 30.7 Å². The number of hydrogen-bond donors (Lipinski definition) is 1. The first-order chi connectivity index (χ1) is 7.38. The van der Waals surface area contributed by atoms with E-state index in [4.69, 9.17) is 10.00 Å². The van der Waals surface area contributed by atoms with Gasteiger partial charge in [0, 0.05) is 6.54 Å². The van der Waals surface area contributed by atoms with Gasteiger partial charge < -0.3 is 10.1 Å². The Balaban J connectivity index is 1.90. The van der Waals surface area contributed by atoms with Crippen molar-refractivity contribution in [2.75, 3.05) is 13.1 Å². The molecular weight excluding hydrogens is 188 g/mol. The molecule has 1 aromatic carbocycles. The average molecular weight is 202 g/mol. The smallest absolute Gasteiger partial charge is 0.0991 e. The lowest BCUT2D eigenvalue weighted by Gasteiger charge is -2.10. The molecule has 0 saturated carbocycles. The van der Waals surface area contributed by atoms with Crippen LogP contribution in [0, 0.1) is 11.3 Å². The highest BCUT2D eigenvalue weighted by Crippen LogP contribution is 2.10. The lowest BCUT2D eigenvalue weighted by Crippen LogP contribution is -2.16. The largest absolute Gasteiger partial charge is 0.372 e. The molecule has 0 bridgehead atoms. The Labute approximate surface area is 89.7 Å². The second kappa shape index (κ2) is 4.92. The van der Waals surface area contributed by atoms with Gasteiger partial charge in [0.25, 0.3) is 0 Å². The predicted octanol–water partition coefficient (Wildman–Crippen LogP) is 1.44. The molecule has 2 rings (SSSR count). The van der Waals surface area contributed by atoms with Crippen molar-refractivity contribution in [3.63, 3.8) is 0 Å². The fourth-order valence-electron chi connectivity index (χ4n) is 1.72. The third-order valence-corrected chi connectivity index (χ3v) is 2.56. The zero-order valence-electron chi connectivity index (χ0n) is 8.57. The molecule has 1 saturated heterocycles. The van der Waals surface area contributed by atoms with Crippen LogP contribution < -0.4 is 5.32 Å². The highest BCUT2D eigenvalue weighted by atomic mass is 16.5. The van der Waals surface area contributed by atoms with E-state index in [0.717, 1.165) is 25.1 Å². The van der Waals surface area contributed by atoms with Gasteiger partial charge in [-0.25, -0.2) is 0 Å². The number of nitriles is 1. The molecule has 1 aliphatic rings. The Hall–Kier alpha value is -1.37. The lowest BCUT2D eigenvalue weighted by molar-refractivity contribution is 0.0542. The Morgan fingerprint density at radius 3 is 3.20 bits per heavy atom. The second-order valence-corrected chi connectivity index (χ2v) is 3.74. The van der Waals surface area contributed by atoms with Crippen molar-refractivity contribution in [2.45, 2.75) is 19.1 Å². The van der Waals surface area contributed by atoms with E-state index in [1.54, 1.807) is 6.07 Å². The van der Waals surface area contributed by atoms with Gasteiger partial charge in [-0.15, -0.1) is 0 Å². The summed E-state index contributed by atoms with van der Waals surface area (Å²) in [7, 11) is 0. The summed E-state index contributed by atoms with van der Waals surface area (Å²) in [5.74, 6) is 0. The minimum absolute atomic E-state index is 0.329. The quantitative estimate of drug-likeness (QED) is 0.806. The molecule has 1 unspecified atom stereocenters. The fraction of sp³-hybridized carbons (Fsp3) is 0.417. The van der Waals surface area contributed by atoms with Crippen LogP contribution in [-0.4, -0.2) is 19.2 Å². The Morgan fingerprint density at radius 1 is 1.53 bits per heavy atom. The van der Waals surface area contributed by atoms with Crippen LogP contribution in [0.5, 0.6) is 0 Å². The topological polar surface area (TPSA) is 45.0 Å². The molecule has 1 atom stereocenters. The number of benzene rings is 1. The van der Waals surface area contributed by atoms with Crippen LogP contribution in [0.4, 0.5) is 0 Å². The molecule has 0 aliphatic carbocycles. The van der Waals surface area contributed by atoms with Gasteiger partial charge >= 0.3 is 0 Å². The first-order valence-electron chi connectivity index (χ1n) is 5.20.